The lowest BCUT2D eigenvalue weighted by molar-refractivity contribution is -0.115. The molecule has 3 aromatic rings. The maximum Gasteiger partial charge on any atom is 0.277 e. The van der Waals surface area contributed by atoms with E-state index in [0.29, 0.717) is 17.0 Å². The molecule has 0 spiro atoms. The van der Waals surface area contributed by atoms with E-state index in [-0.39, 0.29) is 11.2 Å². The van der Waals surface area contributed by atoms with Gasteiger partial charge in [-0.25, -0.2) is 0 Å². The summed E-state index contributed by atoms with van der Waals surface area (Å²) in [4.78, 5) is 12.7. The predicted octanol–water partition coefficient (Wildman–Crippen LogP) is 5.68. The number of carbonyl (C=O) groups excluding carboxylic acids is 1. The van der Waals surface area contributed by atoms with Crippen molar-refractivity contribution >= 4 is 23.4 Å². The molecule has 2 atom stereocenters. The quantitative estimate of drug-likeness (QED) is 0.521. The molecule has 0 aliphatic rings. The molecule has 0 unspecified atom stereocenters. The lowest BCUT2D eigenvalue weighted by atomic mass is 9.97. The van der Waals surface area contributed by atoms with Gasteiger partial charge < -0.3 is 9.73 Å². The second-order valence-electron chi connectivity index (χ2n) is 6.89. The van der Waals surface area contributed by atoms with Crippen LogP contribution in [0.1, 0.15) is 44.2 Å². The molecular formula is C22H25N3O2S. The molecule has 0 radical (unpaired) electrons. The van der Waals surface area contributed by atoms with E-state index in [4.69, 9.17) is 4.42 Å². The summed E-state index contributed by atoms with van der Waals surface area (Å²) < 4.78 is 5.72. The van der Waals surface area contributed by atoms with E-state index >= 15 is 0 Å². The Morgan fingerprint density at radius 3 is 2.54 bits per heavy atom. The Kier molecular flexibility index (Phi) is 6.52. The molecule has 0 saturated carbocycles. The smallest absolute Gasteiger partial charge is 0.277 e. The van der Waals surface area contributed by atoms with E-state index in [1.54, 1.807) is 0 Å². The normalized spacial score (nSPS) is 13.1. The number of aromatic nitrogens is 2. The first-order valence-electron chi connectivity index (χ1n) is 9.45. The zero-order valence-corrected chi connectivity index (χ0v) is 17.4. The molecule has 1 heterocycles. The van der Waals surface area contributed by atoms with Crippen molar-refractivity contribution in [2.75, 3.05) is 5.32 Å². The van der Waals surface area contributed by atoms with Crippen molar-refractivity contribution in [3.63, 3.8) is 0 Å². The van der Waals surface area contributed by atoms with Crippen molar-refractivity contribution in [1.82, 2.24) is 10.2 Å². The molecule has 0 fully saturated rings. The van der Waals surface area contributed by atoms with Crippen LogP contribution in [0.4, 0.5) is 5.69 Å². The Labute approximate surface area is 170 Å². The average Bonchev–Trinajstić information content (AvgIpc) is 3.16. The summed E-state index contributed by atoms with van der Waals surface area (Å²) in [5.74, 6) is 0.750. The van der Waals surface area contributed by atoms with Crippen molar-refractivity contribution in [2.45, 2.75) is 50.5 Å². The molecule has 5 nitrogen and oxygen atoms in total. The second-order valence-corrected chi connectivity index (χ2v) is 8.18. The van der Waals surface area contributed by atoms with Gasteiger partial charge in [-0.3, -0.25) is 4.79 Å². The number of anilines is 1. The van der Waals surface area contributed by atoms with Gasteiger partial charge in [0.05, 0.1) is 5.25 Å². The molecule has 0 bridgehead atoms. The van der Waals surface area contributed by atoms with E-state index in [9.17, 15) is 4.79 Å². The monoisotopic (exact) mass is 395 g/mol. The molecule has 0 aliphatic carbocycles. The van der Waals surface area contributed by atoms with Gasteiger partial charge in [-0.05, 0) is 49.9 Å². The average molecular weight is 396 g/mol. The van der Waals surface area contributed by atoms with Gasteiger partial charge in [0.15, 0.2) is 0 Å². The largest absolute Gasteiger partial charge is 0.411 e. The molecule has 1 amide bonds. The fraction of sp³-hybridized carbons (Fsp3) is 0.318. The molecule has 3 rings (SSSR count). The number of hydrogen-bond donors (Lipinski definition) is 1. The van der Waals surface area contributed by atoms with Gasteiger partial charge in [0.2, 0.25) is 11.8 Å². The summed E-state index contributed by atoms with van der Waals surface area (Å²) in [5, 5.41) is 11.2. The molecule has 1 N–H and O–H groups in total. The minimum atomic E-state index is -0.365. The number of nitrogens with one attached hydrogen (secondary N) is 1. The first-order chi connectivity index (χ1) is 13.5. The summed E-state index contributed by atoms with van der Waals surface area (Å²) in [7, 11) is 0. The van der Waals surface area contributed by atoms with Crippen LogP contribution in [0.15, 0.2) is 58.2 Å². The zero-order valence-electron chi connectivity index (χ0n) is 16.6. The third-order valence-corrected chi connectivity index (χ3v) is 5.65. The van der Waals surface area contributed by atoms with E-state index in [1.165, 1.54) is 17.3 Å². The van der Waals surface area contributed by atoms with Gasteiger partial charge in [0.1, 0.15) is 0 Å². The minimum absolute atomic E-state index is 0.0872. The fourth-order valence-electron chi connectivity index (χ4n) is 2.77. The summed E-state index contributed by atoms with van der Waals surface area (Å²) in [5.41, 5.74) is 4.04. The second kappa shape index (κ2) is 9.06. The van der Waals surface area contributed by atoms with E-state index in [1.807, 2.05) is 56.3 Å². The molecule has 0 aliphatic heterocycles. The number of benzene rings is 2. The third kappa shape index (κ3) is 4.81. The molecular weight excluding hydrogens is 370 g/mol. The van der Waals surface area contributed by atoms with Crippen molar-refractivity contribution < 1.29 is 9.21 Å². The summed E-state index contributed by atoms with van der Waals surface area (Å²) in [6.07, 6.45) is 1.01. The number of aryl methyl sites for hydroxylation is 1. The van der Waals surface area contributed by atoms with Gasteiger partial charge in [0, 0.05) is 11.3 Å². The standard InChI is InChI=1S/C22H25N3O2S/c1-5-15(3)18-8-6-7-9-19(18)23-20(26)16(4)28-22-25-24-21(27-22)17-12-10-14(2)11-13-17/h6-13,15-16H,5H2,1-4H3,(H,23,26)/t15-,16+/m1/s1. The van der Waals surface area contributed by atoms with Crippen LogP contribution in [0.3, 0.4) is 0 Å². The van der Waals surface area contributed by atoms with Gasteiger partial charge in [-0.2, -0.15) is 0 Å². The highest BCUT2D eigenvalue weighted by Crippen LogP contribution is 2.29. The number of para-hydroxylation sites is 1. The molecule has 28 heavy (non-hydrogen) atoms. The highest BCUT2D eigenvalue weighted by Gasteiger charge is 2.20. The van der Waals surface area contributed by atoms with Gasteiger partial charge in [-0.15, -0.1) is 10.2 Å². The van der Waals surface area contributed by atoms with Crippen LogP contribution in [0.2, 0.25) is 0 Å². The fourth-order valence-corrected chi connectivity index (χ4v) is 3.45. The highest BCUT2D eigenvalue weighted by molar-refractivity contribution is 8.00. The van der Waals surface area contributed by atoms with Crippen LogP contribution in [0, 0.1) is 6.92 Å². The maximum absolute atomic E-state index is 12.7. The van der Waals surface area contributed by atoms with Crippen molar-refractivity contribution in [2.24, 2.45) is 0 Å². The zero-order chi connectivity index (χ0) is 20.1. The topological polar surface area (TPSA) is 68.0 Å². The molecule has 1 aromatic heterocycles. The minimum Gasteiger partial charge on any atom is -0.411 e. The van der Waals surface area contributed by atoms with Crippen molar-refractivity contribution in [3.05, 3.63) is 59.7 Å². The summed E-state index contributed by atoms with van der Waals surface area (Å²) >= 11 is 1.26. The number of carbonyl (C=O) groups is 1. The van der Waals surface area contributed by atoms with E-state index in [0.717, 1.165) is 23.2 Å². The Morgan fingerprint density at radius 1 is 1.11 bits per heavy atom. The van der Waals surface area contributed by atoms with Crippen LogP contribution in [0.5, 0.6) is 0 Å². The van der Waals surface area contributed by atoms with Gasteiger partial charge in [0.25, 0.3) is 5.22 Å². The van der Waals surface area contributed by atoms with Crippen LogP contribution < -0.4 is 5.32 Å². The summed E-state index contributed by atoms with van der Waals surface area (Å²) in [6.45, 7) is 8.16. The van der Waals surface area contributed by atoms with Crippen molar-refractivity contribution in [1.29, 1.82) is 0 Å². The first-order valence-corrected chi connectivity index (χ1v) is 10.3. The Morgan fingerprint density at radius 2 is 1.82 bits per heavy atom. The van der Waals surface area contributed by atoms with E-state index < -0.39 is 0 Å². The Balaban J connectivity index is 1.66. The number of amides is 1. The highest BCUT2D eigenvalue weighted by atomic mass is 32.2. The van der Waals surface area contributed by atoms with Crippen molar-refractivity contribution in [3.8, 4) is 11.5 Å². The van der Waals surface area contributed by atoms with Crippen LogP contribution in [-0.4, -0.2) is 21.4 Å². The lowest BCUT2D eigenvalue weighted by Gasteiger charge is -2.17. The molecule has 0 saturated heterocycles. The molecule has 6 heteroatoms. The number of rotatable bonds is 7. The first kappa shape index (κ1) is 20.1. The van der Waals surface area contributed by atoms with Gasteiger partial charge >= 0.3 is 0 Å². The lowest BCUT2D eigenvalue weighted by Crippen LogP contribution is -2.23. The van der Waals surface area contributed by atoms with Crippen LogP contribution in [-0.2, 0) is 4.79 Å². The Hall–Kier alpha value is -2.60. The van der Waals surface area contributed by atoms with E-state index in [2.05, 4.69) is 35.4 Å². The number of thioether (sulfide) groups is 1. The Bertz CT molecular complexity index is 937. The number of nitrogens with zero attached hydrogens (tertiary/aromatic N) is 2. The maximum atomic E-state index is 12.7. The third-order valence-electron chi connectivity index (χ3n) is 4.71. The van der Waals surface area contributed by atoms with Gasteiger partial charge in [-0.1, -0.05) is 61.5 Å². The summed E-state index contributed by atoms with van der Waals surface area (Å²) in [6, 6.07) is 15.8. The van der Waals surface area contributed by atoms with Crippen LogP contribution in [0.25, 0.3) is 11.5 Å². The molecule has 146 valence electrons. The predicted molar refractivity (Wildman–Crippen MR) is 114 cm³/mol. The molecule has 2 aromatic carbocycles. The van der Waals surface area contributed by atoms with Crippen LogP contribution >= 0.6 is 11.8 Å². The SMILES string of the molecule is CC[C@@H](C)c1ccccc1NC(=O)[C@H](C)Sc1nnc(-c2ccc(C)cc2)o1. The number of hydrogen-bond acceptors (Lipinski definition) is 5.